The highest BCUT2D eigenvalue weighted by Gasteiger charge is 2.27. The van der Waals surface area contributed by atoms with Crippen molar-refractivity contribution in [2.24, 2.45) is 0 Å². The van der Waals surface area contributed by atoms with Gasteiger partial charge in [-0.1, -0.05) is 25.8 Å². The quantitative estimate of drug-likeness (QED) is 0.640. The first-order chi connectivity index (χ1) is 7.71. The Labute approximate surface area is 103 Å². The molecule has 0 radical (unpaired) electrons. The van der Waals surface area contributed by atoms with Crippen molar-refractivity contribution >= 4 is 5.78 Å². The fourth-order valence-electron chi connectivity index (χ4n) is 2.08. The fraction of sp³-hybridized carbons (Fsp3) is 0.571. The normalized spacial score (nSPS) is 13.3. The van der Waals surface area contributed by atoms with E-state index in [-0.39, 0.29) is 11.0 Å². The van der Waals surface area contributed by atoms with Crippen molar-refractivity contribution in [1.29, 1.82) is 0 Å². The second kappa shape index (κ2) is 3.56. The SMILES string of the molecule is CC(C)(C)c1ccnc2n1cc[n+]2C(C)(C)C. The zero-order valence-corrected chi connectivity index (χ0v) is 11.7. The number of hydrogen-bond donors (Lipinski definition) is 0. The molecular formula is C14H22N3+. The number of aromatic nitrogens is 3. The van der Waals surface area contributed by atoms with Crippen LogP contribution in [-0.2, 0) is 11.0 Å². The van der Waals surface area contributed by atoms with Crippen molar-refractivity contribution in [1.82, 2.24) is 9.38 Å². The molecule has 0 N–H and O–H groups in total. The molecule has 92 valence electrons. The molecule has 0 spiro atoms. The van der Waals surface area contributed by atoms with Gasteiger partial charge in [0.15, 0.2) is 0 Å². The topological polar surface area (TPSA) is 21.2 Å². The zero-order chi connectivity index (χ0) is 12.8. The Balaban J connectivity index is 2.74. The molecule has 0 aromatic carbocycles. The Bertz CT molecular complexity index is 539. The maximum absolute atomic E-state index is 4.51. The standard InChI is InChI=1S/C14H22N3/c1-13(2,3)11-7-8-15-12-16(11)9-10-17(12)14(4,5)6/h7-10H,1-6H3/q+1. The molecule has 0 aliphatic carbocycles. The Morgan fingerprint density at radius 1 is 1.12 bits per heavy atom. The minimum Gasteiger partial charge on any atom is -0.227 e. The van der Waals surface area contributed by atoms with Crippen molar-refractivity contribution in [3.63, 3.8) is 0 Å². The summed E-state index contributed by atoms with van der Waals surface area (Å²) in [7, 11) is 0. The van der Waals surface area contributed by atoms with E-state index in [9.17, 15) is 0 Å². The minimum atomic E-state index is 0.0538. The highest BCUT2D eigenvalue weighted by Crippen LogP contribution is 2.22. The molecule has 0 bridgehead atoms. The highest BCUT2D eigenvalue weighted by molar-refractivity contribution is 5.27. The molecule has 2 rings (SSSR count). The second-order valence-corrected chi connectivity index (χ2v) is 6.59. The highest BCUT2D eigenvalue weighted by atomic mass is 15.2. The lowest BCUT2D eigenvalue weighted by atomic mass is 9.92. The van der Waals surface area contributed by atoms with Crippen molar-refractivity contribution in [3.8, 4) is 0 Å². The summed E-state index contributed by atoms with van der Waals surface area (Å²) in [6.45, 7) is 13.3. The second-order valence-electron chi connectivity index (χ2n) is 6.59. The first-order valence-corrected chi connectivity index (χ1v) is 6.10. The first kappa shape index (κ1) is 12.1. The van der Waals surface area contributed by atoms with Gasteiger partial charge >= 0.3 is 5.78 Å². The fourth-order valence-corrected chi connectivity index (χ4v) is 2.08. The van der Waals surface area contributed by atoms with E-state index in [4.69, 9.17) is 0 Å². The lowest BCUT2D eigenvalue weighted by Gasteiger charge is -2.18. The third-order valence-corrected chi connectivity index (χ3v) is 2.97. The van der Waals surface area contributed by atoms with Crippen molar-refractivity contribution in [2.45, 2.75) is 52.5 Å². The van der Waals surface area contributed by atoms with E-state index in [0.717, 1.165) is 5.78 Å². The minimum absolute atomic E-state index is 0.0538. The number of rotatable bonds is 0. The van der Waals surface area contributed by atoms with Crippen LogP contribution in [0.25, 0.3) is 5.78 Å². The van der Waals surface area contributed by atoms with Gasteiger partial charge in [0.25, 0.3) is 0 Å². The summed E-state index contributed by atoms with van der Waals surface area (Å²) in [5.74, 6) is 1.00. The molecule has 0 atom stereocenters. The van der Waals surface area contributed by atoms with Gasteiger partial charge in [0.05, 0.1) is 17.4 Å². The average Bonchev–Trinajstić information content (AvgIpc) is 2.57. The summed E-state index contributed by atoms with van der Waals surface area (Å²) in [5.41, 5.74) is 1.46. The van der Waals surface area contributed by atoms with Gasteiger partial charge in [-0.15, -0.1) is 0 Å². The summed E-state index contributed by atoms with van der Waals surface area (Å²) in [4.78, 5) is 4.51. The monoisotopic (exact) mass is 232 g/mol. The van der Waals surface area contributed by atoms with Gasteiger partial charge in [-0.2, -0.15) is 0 Å². The van der Waals surface area contributed by atoms with Crippen LogP contribution in [0.3, 0.4) is 0 Å². The van der Waals surface area contributed by atoms with Crippen molar-refractivity contribution < 1.29 is 4.57 Å². The van der Waals surface area contributed by atoms with Crippen LogP contribution >= 0.6 is 0 Å². The van der Waals surface area contributed by atoms with Crippen LogP contribution in [0.5, 0.6) is 0 Å². The molecule has 0 fully saturated rings. The summed E-state index contributed by atoms with van der Waals surface area (Å²) < 4.78 is 4.40. The van der Waals surface area contributed by atoms with Crippen molar-refractivity contribution in [2.75, 3.05) is 0 Å². The largest absolute Gasteiger partial charge is 0.403 e. The van der Waals surface area contributed by atoms with Crippen LogP contribution in [0.4, 0.5) is 0 Å². The molecular weight excluding hydrogens is 210 g/mol. The Morgan fingerprint density at radius 3 is 2.29 bits per heavy atom. The van der Waals surface area contributed by atoms with Crippen LogP contribution in [0, 0.1) is 0 Å². The van der Waals surface area contributed by atoms with Gasteiger partial charge in [-0.3, -0.25) is 0 Å². The zero-order valence-electron chi connectivity index (χ0n) is 11.7. The van der Waals surface area contributed by atoms with E-state index in [2.05, 4.69) is 74.0 Å². The predicted molar refractivity (Wildman–Crippen MR) is 69.1 cm³/mol. The average molecular weight is 232 g/mol. The number of nitrogens with zero attached hydrogens (tertiary/aromatic N) is 3. The summed E-state index contributed by atoms with van der Waals surface area (Å²) in [6.07, 6.45) is 6.11. The van der Waals surface area contributed by atoms with Crippen LogP contribution in [0.2, 0.25) is 0 Å². The summed E-state index contributed by atoms with van der Waals surface area (Å²) in [6, 6.07) is 2.10. The molecule has 0 aliphatic rings. The lowest BCUT2D eigenvalue weighted by molar-refractivity contribution is -0.731. The molecule has 0 aliphatic heterocycles. The molecule has 0 saturated carbocycles. The van der Waals surface area contributed by atoms with Crippen LogP contribution in [0.15, 0.2) is 24.7 Å². The molecule has 2 aromatic rings. The number of hydrogen-bond acceptors (Lipinski definition) is 1. The maximum Gasteiger partial charge on any atom is 0.403 e. The lowest BCUT2D eigenvalue weighted by Crippen LogP contribution is -2.49. The molecule has 0 saturated heterocycles. The third kappa shape index (κ3) is 2.06. The van der Waals surface area contributed by atoms with Gasteiger partial charge in [-0.25, -0.2) is 8.97 Å². The van der Waals surface area contributed by atoms with Crippen LogP contribution < -0.4 is 4.57 Å². The Kier molecular flexibility index (Phi) is 2.53. The van der Waals surface area contributed by atoms with E-state index < -0.39 is 0 Å². The number of imidazole rings is 1. The third-order valence-electron chi connectivity index (χ3n) is 2.97. The van der Waals surface area contributed by atoms with Gasteiger partial charge < -0.3 is 0 Å². The van der Waals surface area contributed by atoms with E-state index in [1.165, 1.54) is 5.69 Å². The molecule has 2 heterocycles. The summed E-state index contributed by atoms with van der Waals surface area (Å²) >= 11 is 0. The van der Waals surface area contributed by atoms with Gasteiger partial charge in [0, 0.05) is 11.5 Å². The summed E-state index contributed by atoms with van der Waals surface area (Å²) in [5, 5.41) is 0. The maximum atomic E-state index is 4.51. The number of fused-ring (bicyclic) bond motifs is 1. The molecule has 0 unspecified atom stereocenters. The van der Waals surface area contributed by atoms with Gasteiger partial charge in [0.1, 0.15) is 12.4 Å². The van der Waals surface area contributed by atoms with E-state index >= 15 is 0 Å². The molecule has 17 heavy (non-hydrogen) atoms. The van der Waals surface area contributed by atoms with Gasteiger partial charge in [0.2, 0.25) is 0 Å². The predicted octanol–water partition coefficient (Wildman–Crippen LogP) is 2.67. The Morgan fingerprint density at radius 2 is 1.76 bits per heavy atom. The smallest absolute Gasteiger partial charge is 0.227 e. The van der Waals surface area contributed by atoms with E-state index in [1.807, 2.05) is 6.20 Å². The first-order valence-electron chi connectivity index (χ1n) is 6.10. The van der Waals surface area contributed by atoms with E-state index in [0.29, 0.717) is 0 Å². The molecule has 3 heteroatoms. The van der Waals surface area contributed by atoms with Gasteiger partial charge in [-0.05, 0) is 20.8 Å². The molecule has 2 aromatic heterocycles. The van der Waals surface area contributed by atoms with E-state index in [1.54, 1.807) is 0 Å². The van der Waals surface area contributed by atoms with Crippen LogP contribution in [0.1, 0.15) is 47.2 Å². The molecule has 0 amide bonds. The Hall–Kier alpha value is -1.38. The molecule has 3 nitrogen and oxygen atoms in total. The van der Waals surface area contributed by atoms with Crippen LogP contribution in [-0.4, -0.2) is 9.38 Å². The van der Waals surface area contributed by atoms with Crippen molar-refractivity contribution in [3.05, 3.63) is 30.4 Å².